The molecule has 0 aromatic carbocycles. The van der Waals surface area contributed by atoms with Gasteiger partial charge in [0.25, 0.3) is 0 Å². The standard InChI is InChI=1S/C76H146O6/c1-4-7-10-13-16-19-22-25-27-29-30-31-32-33-34-35-36-37-38-39-40-41-42-43-44-45-46-47-49-51-54-57-60-63-66-69-75(78)81-72-73(71-80-74(77)68-65-62-59-56-53-50-24-21-18-15-12-9-6-3)82-76(79)70-67-64-61-58-55-52-48-28-26-23-20-17-14-11-8-5-2/h28,48,73H,4-27,29-47,49-72H2,1-3H3/b48-28-. The zero-order valence-corrected chi connectivity index (χ0v) is 56.1. The molecule has 0 heterocycles. The van der Waals surface area contributed by atoms with E-state index in [0.717, 1.165) is 64.2 Å². The maximum Gasteiger partial charge on any atom is 0.306 e. The highest BCUT2D eigenvalue weighted by Crippen LogP contribution is 2.20. The van der Waals surface area contributed by atoms with Gasteiger partial charge in [-0.3, -0.25) is 14.4 Å². The molecule has 0 amide bonds. The number of carbonyl (C=O) groups is 3. The number of unbranched alkanes of at least 4 members (excludes halogenated alkanes) is 58. The largest absolute Gasteiger partial charge is 0.462 e. The van der Waals surface area contributed by atoms with Gasteiger partial charge in [-0.2, -0.15) is 0 Å². The van der Waals surface area contributed by atoms with Gasteiger partial charge in [0, 0.05) is 19.3 Å². The van der Waals surface area contributed by atoms with Crippen molar-refractivity contribution in [1.82, 2.24) is 0 Å². The van der Waals surface area contributed by atoms with E-state index in [4.69, 9.17) is 14.2 Å². The van der Waals surface area contributed by atoms with Gasteiger partial charge in [-0.25, -0.2) is 0 Å². The molecule has 1 unspecified atom stereocenters. The van der Waals surface area contributed by atoms with Crippen LogP contribution < -0.4 is 0 Å². The molecule has 0 spiro atoms. The van der Waals surface area contributed by atoms with E-state index in [2.05, 4.69) is 32.9 Å². The summed E-state index contributed by atoms with van der Waals surface area (Å²) in [5, 5.41) is 0. The fraction of sp³-hybridized carbons (Fsp3) is 0.934. The number of ether oxygens (including phenoxy) is 3. The Morgan fingerprint density at radius 2 is 0.402 bits per heavy atom. The molecule has 0 fully saturated rings. The number of rotatable bonds is 71. The monoisotopic (exact) mass is 1160 g/mol. The smallest absolute Gasteiger partial charge is 0.306 e. The number of carbonyl (C=O) groups excluding carboxylic acids is 3. The van der Waals surface area contributed by atoms with E-state index in [1.165, 1.54) is 334 Å². The normalized spacial score (nSPS) is 12.0. The molecule has 0 aromatic heterocycles. The summed E-state index contributed by atoms with van der Waals surface area (Å²) in [7, 11) is 0. The van der Waals surface area contributed by atoms with Crippen LogP contribution in [0, 0.1) is 0 Å². The average Bonchev–Trinajstić information content (AvgIpc) is 3.47. The summed E-state index contributed by atoms with van der Waals surface area (Å²) < 4.78 is 17.0. The Balaban J connectivity index is 4.03. The number of hydrogen-bond acceptors (Lipinski definition) is 6. The molecule has 0 saturated carbocycles. The molecule has 486 valence electrons. The summed E-state index contributed by atoms with van der Waals surface area (Å²) in [4.78, 5) is 38.4. The zero-order valence-electron chi connectivity index (χ0n) is 56.1. The molecule has 0 aliphatic rings. The molecule has 0 radical (unpaired) electrons. The van der Waals surface area contributed by atoms with Crippen LogP contribution in [0.3, 0.4) is 0 Å². The van der Waals surface area contributed by atoms with Crippen molar-refractivity contribution in [3.63, 3.8) is 0 Å². The minimum atomic E-state index is -0.771. The second kappa shape index (κ2) is 71.6. The van der Waals surface area contributed by atoms with E-state index in [0.29, 0.717) is 19.3 Å². The van der Waals surface area contributed by atoms with Crippen molar-refractivity contribution in [2.75, 3.05) is 13.2 Å². The highest BCUT2D eigenvalue weighted by Gasteiger charge is 2.20. The molecule has 0 aliphatic carbocycles. The van der Waals surface area contributed by atoms with Crippen molar-refractivity contribution >= 4 is 17.9 Å². The van der Waals surface area contributed by atoms with E-state index in [1.807, 2.05) is 0 Å². The van der Waals surface area contributed by atoms with Crippen molar-refractivity contribution in [2.45, 2.75) is 444 Å². The van der Waals surface area contributed by atoms with Gasteiger partial charge in [0.1, 0.15) is 13.2 Å². The third-order valence-electron chi connectivity index (χ3n) is 17.5. The van der Waals surface area contributed by atoms with Crippen LogP contribution in [0.15, 0.2) is 12.2 Å². The van der Waals surface area contributed by atoms with E-state index in [9.17, 15) is 14.4 Å². The SMILES string of the molecule is CCCCCCCCC/C=C\CCCCCCCC(=O)OC(COC(=O)CCCCCCCCCCCCCCC)COC(=O)CCCCCCCCCCCCCCCCCCCCCCCCCCCCCCCCCCCCC. The molecule has 0 N–H and O–H groups in total. The first-order chi connectivity index (χ1) is 40.5. The van der Waals surface area contributed by atoms with Crippen molar-refractivity contribution in [3.8, 4) is 0 Å². The summed E-state index contributed by atoms with van der Waals surface area (Å²) >= 11 is 0. The summed E-state index contributed by atoms with van der Waals surface area (Å²) in [6.07, 6.45) is 87.1. The lowest BCUT2D eigenvalue weighted by Gasteiger charge is -2.18. The lowest BCUT2D eigenvalue weighted by atomic mass is 10.0. The molecule has 6 heteroatoms. The molecule has 0 bridgehead atoms. The van der Waals surface area contributed by atoms with Crippen LogP contribution in [0.25, 0.3) is 0 Å². The molecule has 1 atom stereocenters. The minimum Gasteiger partial charge on any atom is -0.462 e. The third-order valence-corrected chi connectivity index (χ3v) is 17.5. The lowest BCUT2D eigenvalue weighted by Crippen LogP contribution is -2.30. The van der Waals surface area contributed by atoms with Crippen LogP contribution in [-0.4, -0.2) is 37.2 Å². The molecule has 0 aromatic rings. The Morgan fingerprint density at radius 3 is 0.610 bits per heavy atom. The zero-order chi connectivity index (χ0) is 59.2. The Bertz CT molecular complexity index is 1280. The first-order valence-corrected chi connectivity index (χ1v) is 37.7. The van der Waals surface area contributed by atoms with Gasteiger partial charge in [-0.15, -0.1) is 0 Å². The second-order valence-corrected chi connectivity index (χ2v) is 25.9. The molecule has 0 rings (SSSR count). The molecular formula is C76H146O6. The molecule has 82 heavy (non-hydrogen) atoms. The summed E-state index contributed by atoms with van der Waals surface area (Å²) in [6, 6.07) is 0. The first-order valence-electron chi connectivity index (χ1n) is 37.7. The van der Waals surface area contributed by atoms with Crippen molar-refractivity contribution in [1.29, 1.82) is 0 Å². The van der Waals surface area contributed by atoms with Crippen molar-refractivity contribution in [2.24, 2.45) is 0 Å². The number of hydrogen-bond donors (Lipinski definition) is 0. The molecule has 0 saturated heterocycles. The quantitative estimate of drug-likeness (QED) is 0.0261. The maximum atomic E-state index is 12.9. The Labute approximate surface area is 513 Å². The Kier molecular flexibility index (Phi) is 70.0. The Hall–Kier alpha value is -1.85. The van der Waals surface area contributed by atoms with Gasteiger partial charge in [0.05, 0.1) is 0 Å². The van der Waals surface area contributed by atoms with Crippen molar-refractivity contribution in [3.05, 3.63) is 12.2 Å². The van der Waals surface area contributed by atoms with E-state index in [-0.39, 0.29) is 31.1 Å². The van der Waals surface area contributed by atoms with Gasteiger partial charge >= 0.3 is 17.9 Å². The van der Waals surface area contributed by atoms with E-state index >= 15 is 0 Å². The van der Waals surface area contributed by atoms with Gasteiger partial charge in [-0.1, -0.05) is 386 Å². The number of allylic oxidation sites excluding steroid dienone is 2. The predicted octanol–water partition coefficient (Wildman–Crippen LogP) is 26.0. The highest BCUT2D eigenvalue weighted by atomic mass is 16.6. The van der Waals surface area contributed by atoms with Gasteiger partial charge in [0.2, 0.25) is 0 Å². The molecule has 0 aliphatic heterocycles. The van der Waals surface area contributed by atoms with Gasteiger partial charge in [-0.05, 0) is 44.9 Å². The van der Waals surface area contributed by atoms with Crippen LogP contribution >= 0.6 is 0 Å². The molecule has 6 nitrogen and oxygen atoms in total. The van der Waals surface area contributed by atoms with Gasteiger partial charge in [0.15, 0.2) is 6.10 Å². The summed E-state index contributed by atoms with van der Waals surface area (Å²) in [6.45, 7) is 6.72. The minimum absolute atomic E-state index is 0.0667. The molecular weight excluding hydrogens is 1010 g/mol. The lowest BCUT2D eigenvalue weighted by molar-refractivity contribution is -0.167. The van der Waals surface area contributed by atoms with E-state index < -0.39 is 6.10 Å². The maximum absolute atomic E-state index is 12.9. The summed E-state index contributed by atoms with van der Waals surface area (Å²) in [5.74, 6) is -0.841. The van der Waals surface area contributed by atoms with Crippen molar-refractivity contribution < 1.29 is 28.6 Å². The average molecular weight is 1160 g/mol. The van der Waals surface area contributed by atoms with Crippen LogP contribution in [0.5, 0.6) is 0 Å². The van der Waals surface area contributed by atoms with Crippen LogP contribution in [0.1, 0.15) is 438 Å². The van der Waals surface area contributed by atoms with Gasteiger partial charge < -0.3 is 14.2 Å². The third kappa shape index (κ3) is 68.9. The summed E-state index contributed by atoms with van der Waals surface area (Å²) in [5.41, 5.74) is 0. The highest BCUT2D eigenvalue weighted by molar-refractivity contribution is 5.71. The fourth-order valence-electron chi connectivity index (χ4n) is 11.9. The predicted molar refractivity (Wildman–Crippen MR) is 358 cm³/mol. The fourth-order valence-corrected chi connectivity index (χ4v) is 11.9. The first kappa shape index (κ1) is 80.2. The number of esters is 3. The van der Waals surface area contributed by atoms with Crippen LogP contribution in [-0.2, 0) is 28.6 Å². The van der Waals surface area contributed by atoms with Crippen LogP contribution in [0.4, 0.5) is 0 Å². The van der Waals surface area contributed by atoms with Crippen LogP contribution in [0.2, 0.25) is 0 Å². The second-order valence-electron chi connectivity index (χ2n) is 25.9. The Morgan fingerprint density at radius 1 is 0.232 bits per heavy atom. The van der Waals surface area contributed by atoms with E-state index in [1.54, 1.807) is 0 Å². The topological polar surface area (TPSA) is 78.9 Å².